The van der Waals surface area contributed by atoms with Gasteiger partial charge in [-0.05, 0) is 23.6 Å². The lowest BCUT2D eigenvalue weighted by Gasteiger charge is -2.07. The summed E-state index contributed by atoms with van der Waals surface area (Å²) in [6, 6.07) is 13.7. The number of hydrogen-bond acceptors (Lipinski definition) is 5. The summed E-state index contributed by atoms with van der Waals surface area (Å²) < 4.78 is 1.73. The molecule has 0 amide bonds. The summed E-state index contributed by atoms with van der Waals surface area (Å²) >= 11 is 1.52. The van der Waals surface area contributed by atoms with E-state index in [2.05, 4.69) is 16.0 Å². The highest BCUT2D eigenvalue weighted by molar-refractivity contribution is 7.13. The van der Waals surface area contributed by atoms with Crippen molar-refractivity contribution in [2.75, 3.05) is 5.73 Å². The molecule has 22 heavy (non-hydrogen) atoms. The van der Waals surface area contributed by atoms with E-state index in [0.29, 0.717) is 22.9 Å². The Hall–Kier alpha value is -2.62. The Morgan fingerprint density at radius 2 is 1.95 bits per heavy atom. The fourth-order valence-corrected chi connectivity index (χ4v) is 3.14. The number of halogens is 1. The molecule has 0 aliphatic rings. The van der Waals surface area contributed by atoms with E-state index in [1.54, 1.807) is 4.40 Å². The smallest absolute Gasteiger partial charge is 0.237 e. The molecule has 0 aliphatic carbocycles. The first kappa shape index (κ1) is 14.3. The van der Waals surface area contributed by atoms with Crippen molar-refractivity contribution >= 4 is 46.4 Å². The normalized spacial score (nSPS) is 10.5. The van der Waals surface area contributed by atoms with Gasteiger partial charge in [0.05, 0.1) is 15.9 Å². The number of thiophene rings is 1. The van der Waals surface area contributed by atoms with Crippen LogP contribution in [0.3, 0.4) is 0 Å². The maximum atomic E-state index is 9.47. The number of para-hydroxylation sites is 2. The lowest BCUT2D eigenvalue weighted by molar-refractivity contribution is 1.14. The second-order valence-corrected chi connectivity index (χ2v) is 5.49. The number of nitrogen functional groups attached to an aromatic ring is 1. The molecule has 108 valence electrons. The van der Waals surface area contributed by atoms with Crippen LogP contribution in [0.2, 0.25) is 0 Å². The third-order valence-corrected chi connectivity index (χ3v) is 4.23. The molecule has 5 nitrogen and oxygen atoms in total. The average Bonchev–Trinajstić information content (AvgIpc) is 3.14. The molecule has 0 radical (unpaired) electrons. The molecule has 0 fully saturated rings. The molecule has 0 bridgehead atoms. The van der Waals surface area contributed by atoms with Crippen molar-refractivity contribution in [3.8, 4) is 16.6 Å². The van der Waals surface area contributed by atoms with Gasteiger partial charge in [0.2, 0.25) is 5.78 Å². The summed E-state index contributed by atoms with van der Waals surface area (Å²) in [6.07, 6.45) is 0. The van der Waals surface area contributed by atoms with Gasteiger partial charge in [-0.25, -0.2) is 9.97 Å². The van der Waals surface area contributed by atoms with Crippen LogP contribution in [0.4, 0.5) is 5.82 Å². The monoisotopic (exact) mass is 327 g/mol. The number of fused-ring (bicyclic) bond motifs is 3. The number of rotatable bonds is 1. The van der Waals surface area contributed by atoms with Crippen molar-refractivity contribution in [1.82, 2.24) is 14.4 Å². The molecule has 0 spiro atoms. The third kappa shape index (κ3) is 1.91. The van der Waals surface area contributed by atoms with Crippen LogP contribution in [0, 0.1) is 11.3 Å². The average molecular weight is 328 g/mol. The highest BCUT2D eigenvalue weighted by Crippen LogP contribution is 2.31. The predicted molar refractivity (Wildman–Crippen MR) is 90.2 cm³/mol. The summed E-state index contributed by atoms with van der Waals surface area (Å²) in [5, 5.41) is 11.4. The van der Waals surface area contributed by atoms with Gasteiger partial charge in [-0.1, -0.05) is 18.2 Å². The first-order valence-electron chi connectivity index (χ1n) is 6.30. The summed E-state index contributed by atoms with van der Waals surface area (Å²) in [4.78, 5) is 9.95. The molecular formula is C15H10ClN5S. The van der Waals surface area contributed by atoms with Gasteiger partial charge >= 0.3 is 0 Å². The number of imidazole rings is 1. The minimum atomic E-state index is 0. The zero-order chi connectivity index (χ0) is 14.4. The number of hydrogen-bond donors (Lipinski definition) is 1. The Labute approximate surface area is 136 Å². The molecule has 7 heteroatoms. The molecule has 3 aromatic heterocycles. The molecular weight excluding hydrogens is 318 g/mol. The van der Waals surface area contributed by atoms with E-state index in [-0.39, 0.29) is 12.4 Å². The van der Waals surface area contributed by atoms with Crippen LogP contribution in [0.15, 0.2) is 41.8 Å². The molecule has 4 rings (SSSR count). The number of anilines is 1. The Kier molecular flexibility index (Phi) is 3.45. The Morgan fingerprint density at radius 3 is 2.68 bits per heavy atom. The fraction of sp³-hybridized carbons (Fsp3) is 0. The van der Waals surface area contributed by atoms with Gasteiger partial charge in [-0.2, -0.15) is 5.26 Å². The largest absolute Gasteiger partial charge is 0.384 e. The zero-order valence-electron chi connectivity index (χ0n) is 11.2. The minimum Gasteiger partial charge on any atom is -0.384 e. The van der Waals surface area contributed by atoms with Gasteiger partial charge in [0, 0.05) is 0 Å². The number of benzene rings is 1. The fourth-order valence-electron chi connectivity index (χ4n) is 2.42. The summed E-state index contributed by atoms with van der Waals surface area (Å²) in [6.45, 7) is 0. The van der Waals surface area contributed by atoms with Crippen molar-refractivity contribution in [3.05, 3.63) is 47.3 Å². The summed E-state index contributed by atoms with van der Waals surface area (Å²) in [5.74, 6) is 0.885. The Morgan fingerprint density at radius 1 is 1.14 bits per heavy atom. The van der Waals surface area contributed by atoms with Crippen LogP contribution in [0.5, 0.6) is 0 Å². The minimum absolute atomic E-state index is 0. The lowest BCUT2D eigenvalue weighted by Crippen LogP contribution is -2.04. The molecule has 0 atom stereocenters. The second-order valence-electron chi connectivity index (χ2n) is 4.55. The number of nitrogens with two attached hydrogens (primary N) is 1. The highest BCUT2D eigenvalue weighted by Gasteiger charge is 2.18. The van der Waals surface area contributed by atoms with Crippen LogP contribution in [-0.4, -0.2) is 14.4 Å². The number of nitrogens with zero attached hydrogens (tertiary/aromatic N) is 4. The predicted octanol–water partition coefficient (Wildman–Crippen LogP) is 3.49. The molecule has 1 aromatic carbocycles. The molecule has 4 aromatic rings. The van der Waals surface area contributed by atoms with Crippen molar-refractivity contribution < 1.29 is 0 Å². The first-order chi connectivity index (χ1) is 10.3. The zero-order valence-corrected chi connectivity index (χ0v) is 12.9. The molecule has 3 heterocycles. The lowest BCUT2D eigenvalue weighted by atomic mass is 10.2. The van der Waals surface area contributed by atoms with E-state index in [4.69, 9.17) is 5.73 Å². The standard InChI is InChI=1S/C15H9N5S.ClH/c16-8-9-13(12-6-3-7-21-12)19-15-18-10-4-1-2-5-11(10)20(15)14(9)17;/h1-7H,17H2;1H. The molecule has 0 unspecified atom stereocenters. The van der Waals surface area contributed by atoms with Crippen molar-refractivity contribution in [1.29, 1.82) is 5.26 Å². The highest BCUT2D eigenvalue weighted by atomic mass is 35.5. The summed E-state index contributed by atoms with van der Waals surface area (Å²) in [7, 11) is 0. The quantitative estimate of drug-likeness (QED) is 0.580. The molecule has 0 saturated carbocycles. The van der Waals surface area contributed by atoms with Gasteiger partial charge in [0.15, 0.2) is 0 Å². The van der Waals surface area contributed by atoms with Gasteiger partial charge in [0.25, 0.3) is 0 Å². The SMILES string of the molecule is Cl.N#Cc1c(-c2cccs2)nc2nc3ccccc3n2c1N. The maximum absolute atomic E-state index is 9.47. The Balaban J connectivity index is 0.00000144. The van der Waals surface area contributed by atoms with Crippen LogP contribution in [0.1, 0.15) is 5.56 Å². The maximum Gasteiger partial charge on any atom is 0.237 e. The molecule has 0 saturated heterocycles. The van der Waals surface area contributed by atoms with Crippen LogP contribution < -0.4 is 5.73 Å². The van der Waals surface area contributed by atoms with Crippen LogP contribution in [-0.2, 0) is 0 Å². The van der Waals surface area contributed by atoms with E-state index in [1.165, 1.54) is 11.3 Å². The molecule has 2 N–H and O–H groups in total. The van der Waals surface area contributed by atoms with Gasteiger partial charge < -0.3 is 5.73 Å². The van der Waals surface area contributed by atoms with Gasteiger partial charge in [-0.15, -0.1) is 23.7 Å². The van der Waals surface area contributed by atoms with Crippen molar-refractivity contribution in [2.24, 2.45) is 0 Å². The summed E-state index contributed by atoms with van der Waals surface area (Å²) in [5.41, 5.74) is 8.85. The van der Waals surface area contributed by atoms with E-state index in [0.717, 1.165) is 15.9 Å². The van der Waals surface area contributed by atoms with E-state index in [1.807, 2.05) is 41.8 Å². The van der Waals surface area contributed by atoms with Crippen LogP contribution in [0.25, 0.3) is 27.4 Å². The van der Waals surface area contributed by atoms with E-state index in [9.17, 15) is 5.26 Å². The van der Waals surface area contributed by atoms with Crippen molar-refractivity contribution in [2.45, 2.75) is 0 Å². The van der Waals surface area contributed by atoms with Gasteiger partial charge in [-0.3, -0.25) is 4.40 Å². The number of nitriles is 1. The second kappa shape index (κ2) is 5.30. The molecule has 0 aliphatic heterocycles. The van der Waals surface area contributed by atoms with Gasteiger partial charge in [0.1, 0.15) is 23.1 Å². The first-order valence-corrected chi connectivity index (χ1v) is 7.18. The van der Waals surface area contributed by atoms with E-state index >= 15 is 0 Å². The third-order valence-electron chi connectivity index (χ3n) is 3.36. The van der Waals surface area contributed by atoms with Crippen LogP contribution >= 0.6 is 23.7 Å². The topological polar surface area (TPSA) is 80.0 Å². The van der Waals surface area contributed by atoms with Crippen molar-refractivity contribution in [3.63, 3.8) is 0 Å². The number of aromatic nitrogens is 3. The van der Waals surface area contributed by atoms with E-state index < -0.39 is 0 Å². The Bertz CT molecular complexity index is 1010.